The SMILES string of the molecule is Cc1ccc(NS(=O)(=O)c2cccc3nsnc23)cc1F. The molecule has 0 aliphatic rings. The molecule has 0 atom stereocenters. The van der Waals surface area contributed by atoms with E-state index in [4.69, 9.17) is 0 Å². The topological polar surface area (TPSA) is 72.0 Å². The van der Waals surface area contributed by atoms with Gasteiger partial charge < -0.3 is 0 Å². The summed E-state index contributed by atoms with van der Waals surface area (Å²) in [7, 11) is -3.85. The number of rotatable bonds is 3. The minimum atomic E-state index is -3.85. The van der Waals surface area contributed by atoms with Crippen molar-refractivity contribution in [3.8, 4) is 0 Å². The Hall–Kier alpha value is -2.06. The van der Waals surface area contributed by atoms with Crippen LogP contribution in [0.4, 0.5) is 10.1 Å². The molecule has 1 N–H and O–H groups in total. The molecule has 0 aliphatic carbocycles. The highest BCUT2D eigenvalue weighted by molar-refractivity contribution is 7.93. The van der Waals surface area contributed by atoms with Gasteiger partial charge in [0.05, 0.1) is 17.4 Å². The van der Waals surface area contributed by atoms with Crippen LogP contribution < -0.4 is 4.72 Å². The lowest BCUT2D eigenvalue weighted by Gasteiger charge is -2.09. The number of anilines is 1. The molecule has 21 heavy (non-hydrogen) atoms. The molecule has 3 aromatic rings. The Morgan fingerprint density at radius 1 is 1.19 bits per heavy atom. The van der Waals surface area contributed by atoms with Gasteiger partial charge in [0.15, 0.2) is 0 Å². The van der Waals surface area contributed by atoms with Crippen molar-refractivity contribution in [3.63, 3.8) is 0 Å². The first-order valence-electron chi connectivity index (χ1n) is 5.97. The summed E-state index contributed by atoms with van der Waals surface area (Å²) >= 11 is 0.942. The van der Waals surface area contributed by atoms with Gasteiger partial charge in [0.1, 0.15) is 21.7 Å². The van der Waals surface area contributed by atoms with Gasteiger partial charge in [-0.05, 0) is 36.8 Å². The van der Waals surface area contributed by atoms with E-state index in [1.807, 2.05) is 0 Å². The van der Waals surface area contributed by atoms with Crippen LogP contribution in [0.15, 0.2) is 41.3 Å². The predicted molar refractivity (Wildman–Crippen MR) is 79.4 cm³/mol. The predicted octanol–water partition coefficient (Wildman–Crippen LogP) is 2.94. The first kappa shape index (κ1) is 13.9. The fraction of sp³-hybridized carbons (Fsp3) is 0.0769. The van der Waals surface area contributed by atoms with E-state index in [0.717, 1.165) is 17.8 Å². The van der Waals surface area contributed by atoms with E-state index in [9.17, 15) is 12.8 Å². The minimum Gasteiger partial charge on any atom is -0.279 e. The zero-order valence-electron chi connectivity index (χ0n) is 10.9. The van der Waals surface area contributed by atoms with Crippen molar-refractivity contribution < 1.29 is 12.8 Å². The van der Waals surface area contributed by atoms with Crippen LogP contribution in [0.5, 0.6) is 0 Å². The van der Waals surface area contributed by atoms with Crippen molar-refractivity contribution in [2.45, 2.75) is 11.8 Å². The summed E-state index contributed by atoms with van der Waals surface area (Å²) in [5.74, 6) is -0.469. The summed E-state index contributed by atoms with van der Waals surface area (Å²) in [6.07, 6.45) is 0. The Bertz CT molecular complexity index is 922. The maximum Gasteiger partial charge on any atom is 0.264 e. The smallest absolute Gasteiger partial charge is 0.264 e. The highest BCUT2D eigenvalue weighted by Gasteiger charge is 2.19. The summed E-state index contributed by atoms with van der Waals surface area (Å²) in [6.45, 7) is 1.61. The highest BCUT2D eigenvalue weighted by atomic mass is 32.2. The van der Waals surface area contributed by atoms with Gasteiger partial charge in [0, 0.05) is 0 Å². The molecule has 0 amide bonds. The maximum atomic E-state index is 13.5. The molecule has 3 rings (SSSR count). The number of sulfonamides is 1. The van der Waals surface area contributed by atoms with Crippen molar-refractivity contribution in [1.82, 2.24) is 8.75 Å². The normalized spacial score (nSPS) is 11.7. The van der Waals surface area contributed by atoms with Crippen molar-refractivity contribution >= 4 is 38.5 Å². The number of benzene rings is 2. The summed E-state index contributed by atoms with van der Waals surface area (Å²) in [5.41, 5.74) is 1.43. The lowest BCUT2D eigenvalue weighted by molar-refractivity contribution is 0.601. The number of hydrogen-bond donors (Lipinski definition) is 1. The van der Waals surface area contributed by atoms with Crippen LogP contribution >= 0.6 is 11.7 Å². The molecule has 108 valence electrons. The molecule has 0 aliphatic heterocycles. The molecule has 0 radical (unpaired) electrons. The number of aromatic nitrogens is 2. The van der Waals surface area contributed by atoms with Crippen molar-refractivity contribution in [3.05, 3.63) is 47.8 Å². The van der Waals surface area contributed by atoms with Crippen molar-refractivity contribution in [2.24, 2.45) is 0 Å². The van der Waals surface area contributed by atoms with Crippen LogP contribution in [0, 0.1) is 12.7 Å². The molecular weight excluding hydrogens is 313 g/mol. The molecule has 0 unspecified atom stereocenters. The van der Waals surface area contributed by atoms with Crippen LogP contribution in [0.2, 0.25) is 0 Å². The van der Waals surface area contributed by atoms with E-state index < -0.39 is 15.8 Å². The Balaban J connectivity index is 2.04. The van der Waals surface area contributed by atoms with Gasteiger partial charge in [-0.3, -0.25) is 4.72 Å². The Morgan fingerprint density at radius 2 is 2.00 bits per heavy atom. The lowest BCUT2D eigenvalue weighted by Crippen LogP contribution is -2.13. The van der Waals surface area contributed by atoms with Gasteiger partial charge >= 0.3 is 0 Å². The van der Waals surface area contributed by atoms with E-state index >= 15 is 0 Å². The first-order chi connectivity index (χ1) is 9.97. The molecule has 0 bridgehead atoms. The molecule has 0 saturated heterocycles. The summed E-state index contributed by atoms with van der Waals surface area (Å²) < 4.78 is 48.7. The molecule has 0 fully saturated rings. The number of nitrogens with zero attached hydrogens (tertiary/aromatic N) is 2. The summed E-state index contributed by atoms with van der Waals surface area (Å²) in [5, 5.41) is 0. The second kappa shape index (κ2) is 5.05. The molecule has 0 spiro atoms. The minimum absolute atomic E-state index is 0.0229. The van der Waals surface area contributed by atoms with E-state index in [-0.39, 0.29) is 10.6 Å². The zero-order valence-corrected chi connectivity index (χ0v) is 12.5. The first-order valence-corrected chi connectivity index (χ1v) is 8.19. The average molecular weight is 323 g/mol. The van der Waals surface area contributed by atoms with Gasteiger partial charge in [0.2, 0.25) is 0 Å². The van der Waals surface area contributed by atoms with Gasteiger partial charge in [-0.25, -0.2) is 12.8 Å². The monoisotopic (exact) mass is 323 g/mol. The van der Waals surface area contributed by atoms with Crippen LogP contribution in [0.3, 0.4) is 0 Å². The van der Waals surface area contributed by atoms with Crippen LogP contribution in [-0.4, -0.2) is 17.2 Å². The standard InChI is InChI=1S/C13H10FN3O2S2/c1-8-5-6-9(7-10(8)14)17-21(18,19)12-4-2-3-11-13(12)16-20-15-11/h2-7,17H,1H3. The van der Waals surface area contributed by atoms with Gasteiger partial charge in [-0.15, -0.1) is 0 Å². The summed E-state index contributed by atoms with van der Waals surface area (Å²) in [6, 6.07) is 8.88. The van der Waals surface area contributed by atoms with E-state index in [1.54, 1.807) is 19.1 Å². The molecular formula is C13H10FN3O2S2. The third kappa shape index (κ3) is 2.59. The Labute approximate surface area is 124 Å². The van der Waals surface area contributed by atoms with E-state index in [1.165, 1.54) is 18.2 Å². The number of hydrogen-bond acceptors (Lipinski definition) is 5. The maximum absolute atomic E-state index is 13.5. The molecule has 8 heteroatoms. The second-order valence-electron chi connectivity index (χ2n) is 4.46. The number of fused-ring (bicyclic) bond motifs is 1. The molecule has 5 nitrogen and oxygen atoms in total. The fourth-order valence-corrected chi connectivity index (χ4v) is 3.68. The van der Waals surface area contributed by atoms with E-state index in [0.29, 0.717) is 16.6 Å². The highest BCUT2D eigenvalue weighted by Crippen LogP contribution is 2.24. The van der Waals surface area contributed by atoms with E-state index in [2.05, 4.69) is 13.5 Å². The molecule has 1 aromatic heterocycles. The third-order valence-corrected chi connectivity index (χ3v) is 4.92. The van der Waals surface area contributed by atoms with Crippen molar-refractivity contribution in [2.75, 3.05) is 4.72 Å². The van der Waals surface area contributed by atoms with Crippen LogP contribution in [0.25, 0.3) is 11.0 Å². The van der Waals surface area contributed by atoms with Crippen LogP contribution in [-0.2, 0) is 10.0 Å². The number of aryl methyl sites for hydroxylation is 1. The summed E-state index contributed by atoms with van der Waals surface area (Å²) in [4.78, 5) is 0.0229. The number of nitrogens with one attached hydrogen (secondary N) is 1. The zero-order chi connectivity index (χ0) is 15.0. The molecule has 1 heterocycles. The average Bonchev–Trinajstić information content (AvgIpc) is 2.90. The Morgan fingerprint density at radius 3 is 2.76 bits per heavy atom. The second-order valence-corrected chi connectivity index (χ2v) is 6.64. The molecule has 2 aromatic carbocycles. The third-order valence-electron chi connectivity index (χ3n) is 2.96. The van der Waals surface area contributed by atoms with Gasteiger partial charge in [0.25, 0.3) is 10.0 Å². The van der Waals surface area contributed by atoms with Crippen LogP contribution in [0.1, 0.15) is 5.56 Å². The quantitative estimate of drug-likeness (QED) is 0.804. The largest absolute Gasteiger partial charge is 0.279 e. The van der Waals surface area contributed by atoms with Gasteiger partial charge in [-0.1, -0.05) is 12.1 Å². The number of halogens is 1. The van der Waals surface area contributed by atoms with Gasteiger partial charge in [-0.2, -0.15) is 8.75 Å². The Kier molecular flexibility index (Phi) is 3.34. The fourth-order valence-electron chi connectivity index (χ4n) is 1.86. The lowest BCUT2D eigenvalue weighted by atomic mass is 10.2. The molecule has 0 saturated carbocycles. The van der Waals surface area contributed by atoms with Crippen molar-refractivity contribution in [1.29, 1.82) is 0 Å².